The minimum Gasteiger partial charge on any atom is -0.396 e. The Hall–Kier alpha value is 1.06. The van der Waals surface area contributed by atoms with Crippen molar-refractivity contribution in [3.63, 3.8) is 0 Å². The Morgan fingerprint density at radius 2 is 1.45 bits per heavy atom. The molecular weight excluding hydrogens is 213 g/mol. The van der Waals surface area contributed by atoms with Crippen molar-refractivity contribution in [3.05, 3.63) is 13.8 Å². The van der Waals surface area contributed by atoms with Crippen LogP contribution in [0, 0.1) is 13.8 Å². The summed E-state index contributed by atoms with van der Waals surface area (Å²) in [4.78, 5) is 0. The van der Waals surface area contributed by atoms with Gasteiger partial charge in [-0.15, -0.1) is 0 Å². The number of hydrogen-bond acceptors (Lipinski definition) is 1. The Morgan fingerprint density at radius 1 is 1.09 bits per heavy atom. The van der Waals surface area contributed by atoms with Gasteiger partial charge >= 0.3 is 0 Å². The van der Waals surface area contributed by atoms with E-state index in [9.17, 15) is 0 Å². The van der Waals surface area contributed by atoms with Gasteiger partial charge in [0.05, 0.1) is 0 Å². The largest absolute Gasteiger partial charge is 0.396 e. The van der Waals surface area contributed by atoms with Crippen molar-refractivity contribution in [1.82, 2.24) is 0 Å². The van der Waals surface area contributed by atoms with Gasteiger partial charge in [-0.05, 0) is 6.42 Å². The van der Waals surface area contributed by atoms with Crippen molar-refractivity contribution in [1.29, 1.82) is 0 Å². The van der Waals surface area contributed by atoms with E-state index in [1.807, 2.05) is 0 Å². The van der Waals surface area contributed by atoms with Crippen LogP contribution in [0.1, 0.15) is 41.0 Å². The molecule has 0 aliphatic heterocycles. The van der Waals surface area contributed by atoms with Crippen LogP contribution in [0.25, 0.3) is 0 Å². The van der Waals surface area contributed by atoms with Crippen molar-refractivity contribution in [2.24, 2.45) is 0 Å². The first kappa shape index (κ1) is 29.6. The third kappa shape index (κ3) is 55.0. The van der Waals surface area contributed by atoms with E-state index in [1.165, 1.54) is 0 Å². The van der Waals surface area contributed by atoms with Crippen LogP contribution in [0.4, 0.5) is 0 Å². The average molecular weight is 237 g/mol. The summed E-state index contributed by atoms with van der Waals surface area (Å²) < 4.78 is 0. The van der Waals surface area contributed by atoms with Gasteiger partial charge in [0.15, 0.2) is 0 Å². The summed E-state index contributed by atoms with van der Waals surface area (Å²) >= 11 is 0. The molecule has 0 aromatic heterocycles. The summed E-state index contributed by atoms with van der Waals surface area (Å²) in [6.07, 6.45) is 2.90. The van der Waals surface area contributed by atoms with Gasteiger partial charge in [0.1, 0.15) is 0 Å². The fourth-order valence-electron chi connectivity index (χ4n) is 0.289. The van der Waals surface area contributed by atoms with Gasteiger partial charge in [0.25, 0.3) is 0 Å². The van der Waals surface area contributed by atoms with Gasteiger partial charge in [-0.25, -0.2) is 0 Å². The molecule has 1 N–H and O–H groups in total. The summed E-state index contributed by atoms with van der Waals surface area (Å²) in [6.45, 7) is 8.93. The minimum absolute atomic E-state index is 0. The van der Waals surface area contributed by atoms with Gasteiger partial charge in [-0.1, -0.05) is 21.3 Å². The SMILES string of the molecule is C.C.[CH2-]C.[CH2-]CCCCO.[Y]. The second-order valence-electron chi connectivity index (χ2n) is 1.28. The van der Waals surface area contributed by atoms with E-state index in [0.717, 1.165) is 19.3 Å². The number of aliphatic hydroxyl groups excluding tert-OH is 1. The maximum Gasteiger partial charge on any atom is 0.0430 e. The molecule has 1 nitrogen and oxygen atoms in total. The van der Waals surface area contributed by atoms with E-state index in [1.54, 1.807) is 6.92 Å². The molecule has 0 aliphatic rings. The van der Waals surface area contributed by atoms with Crippen LogP contribution in [0.15, 0.2) is 0 Å². The first-order valence-corrected chi connectivity index (χ1v) is 3.02. The van der Waals surface area contributed by atoms with Gasteiger partial charge in [-0.2, -0.15) is 13.3 Å². The predicted molar refractivity (Wildman–Crippen MR) is 50.8 cm³/mol. The second kappa shape index (κ2) is 43.7. The normalized spacial score (nSPS) is 5.45. The van der Waals surface area contributed by atoms with Crippen LogP contribution in [0.5, 0.6) is 0 Å². The smallest absolute Gasteiger partial charge is 0.0430 e. The molecule has 11 heavy (non-hydrogen) atoms. The third-order valence-electron chi connectivity index (χ3n) is 0.658. The molecule has 0 aromatic carbocycles. The molecule has 0 aliphatic carbocycles. The molecule has 2 heteroatoms. The molecule has 0 spiro atoms. The van der Waals surface area contributed by atoms with Crippen molar-refractivity contribution in [3.8, 4) is 0 Å². The van der Waals surface area contributed by atoms with Gasteiger partial charge in [-0.3, -0.25) is 0 Å². The molecule has 0 atom stereocenters. The molecule has 1 radical (unpaired) electrons. The molecule has 0 amide bonds. The molecule has 0 rings (SSSR count). The van der Waals surface area contributed by atoms with E-state index in [-0.39, 0.29) is 47.6 Å². The maximum absolute atomic E-state index is 8.17. The Kier molecular flexibility index (Phi) is 118. The Bertz CT molecular complexity index is 21.5. The average Bonchev–Trinajstić information content (AvgIpc) is 1.88. The zero-order chi connectivity index (χ0) is 6.83. The maximum atomic E-state index is 8.17. The molecule has 0 bridgehead atoms. The quantitative estimate of drug-likeness (QED) is 0.590. The molecule has 0 saturated carbocycles. The van der Waals surface area contributed by atoms with Crippen LogP contribution < -0.4 is 0 Å². The number of rotatable bonds is 3. The summed E-state index contributed by atoms with van der Waals surface area (Å²) in [5.74, 6) is 0. The number of unbranched alkanes of at least 4 members (excludes halogenated alkanes) is 2. The zero-order valence-corrected chi connectivity index (χ0v) is 9.11. The summed E-state index contributed by atoms with van der Waals surface area (Å²) in [5.41, 5.74) is 0. The van der Waals surface area contributed by atoms with E-state index >= 15 is 0 Å². The summed E-state index contributed by atoms with van der Waals surface area (Å²) in [5, 5.41) is 8.17. The Labute approximate surface area is 98.9 Å². The molecule has 0 aromatic rings. The van der Waals surface area contributed by atoms with Crippen LogP contribution in [-0.2, 0) is 32.7 Å². The molecule has 0 saturated heterocycles. The van der Waals surface area contributed by atoms with E-state index in [4.69, 9.17) is 5.11 Å². The van der Waals surface area contributed by atoms with Crippen molar-refractivity contribution in [2.45, 2.75) is 41.0 Å². The van der Waals surface area contributed by atoms with Gasteiger partial charge in [0, 0.05) is 39.3 Å². The Balaban J connectivity index is -0.0000000222. The molecular formula is C9H24OY-2. The molecule has 0 unspecified atom stereocenters. The molecule has 71 valence electrons. The van der Waals surface area contributed by atoms with Crippen molar-refractivity contribution >= 4 is 0 Å². The van der Waals surface area contributed by atoms with Crippen molar-refractivity contribution < 1.29 is 37.8 Å². The van der Waals surface area contributed by atoms with Crippen LogP contribution in [0.3, 0.4) is 0 Å². The van der Waals surface area contributed by atoms with Crippen molar-refractivity contribution in [2.75, 3.05) is 6.61 Å². The third-order valence-corrected chi connectivity index (χ3v) is 0.658. The van der Waals surface area contributed by atoms with Crippen LogP contribution in [-0.4, -0.2) is 11.7 Å². The Morgan fingerprint density at radius 3 is 1.55 bits per heavy atom. The summed E-state index contributed by atoms with van der Waals surface area (Å²) in [6, 6.07) is 0. The second-order valence-corrected chi connectivity index (χ2v) is 1.28. The fraction of sp³-hybridized carbons (Fsp3) is 0.778. The first-order valence-electron chi connectivity index (χ1n) is 3.02. The van der Waals surface area contributed by atoms with E-state index in [2.05, 4.69) is 13.8 Å². The fourth-order valence-corrected chi connectivity index (χ4v) is 0.289. The zero-order valence-electron chi connectivity index (χ0n) is 6.27. The van der Waals surface area contributed by atoms with Crippen LogP contribution >= 0.6 is 0 Å². The monoisotopic (exact) mass is 237 g/mol. The molecule has 0 fully saturated rings. The topological polar surface area (TPSA) is 20.2 Å². The van der Waals surface area contributed by atoms with E-state index < -0.39 is 0 Å². The number of aliphatic hydroxyl groups is 1. The van der Waals surface area contributed by atoms with Gasteiger partial charge < -0.3 is 19.0 Å². The number of hydrogen-bond donors (Lipinski definition) is 1. The first-order chi connectivity index (χ1) is 3.91. The standard InChI is InChI=1S/C5H11O.C2H5.2CH4.Y/c1-2-3-4-5-6;1-2;;;/h6H,1-5H2;1H2,2H3;2*1H4;/q2*-1;;;. The van der Waals surface area contributed by atoms with Crippen LogP contribution in [0.2, 0.25) is 0 Å². The van der Waals surface area contributed by atoms with Gasteiger partial charge in [0.2, 0.25) is 0 Å². The summed E-state index contributed by atoms with van der Waals surface area (Å²) in [7, 11) is 0. The predicted octanol–water partition coefficient (Wildman–Crippen LogP) is 3.09. The van der Waals surface area contributed by atoms with E-state index in [0.29, 0.717) is 6.61 Å². The minimum atomic E-state index is 0. The molecule has 0 heterocycles.